The van der Waals surface area contributed by atoms with Crippen molar-refractivity contribution in [1.82, 2.24) is 4.48 Å². The normalized spacial score (nSPS) is 23.8. The lowest BCUT2D eigenvalue weighted by atomic mass is 9.77. The molecule has 3 aromatic carbocycles. The highest BCUT2D eigenvalue weighted by Crippen LogP contribution is 2.57. The number of para-hydroxylation sites is 1. The number of rotatable bonds is 6. The second-order valence-electron chi connectivity index (χ2n) is 9.25. The topological polar surface area (TPSA) is 54.0 Å². The number of carbonyl (C=O) groups is 1. The van der Waals surface area contributed by atoms with E-state index in [1.807, 2.05) is 31.2 Å². The summed E-state index contributed by atoms with van der Waals surface area (Å²) in [5.41, 5.74) is 4.28. The van der Waals surface area contributed by atoms with Crippen molar-refractivity contribution >= 4 is 11.6 Å². The molecule has 174 valence electrons. The van der Waals surface area contributed by atoms with Crippen LogP contribution in [0.25, 0.3) is 0 Å². The van der Waals surface area contributed by atoms with Crippen LogP contribution < -0.4 is 18.7 Å². The molecular weight excluding hydrogens is 430 g/mol. The van der Waals surface area contributed by atoms with E-state index in [-0.39, 0.29) is 23.8 Å². The van der Waals surface area contributed by atoms with Crippen LogP contribution in [0.3, 0.4) is 0 Å². The molecule has 6 rings (SSSR count). The molecule has 0 aromatic heterocycles. The minimum Gasteiger partial charge on any atom is -0.491 e. The molecule has 0 fully saturated rings. The maximum Gasteiger partial charge on any atom is 0.338 e. The molecule has 2 unspecified atom stereocenters. The van der Waals surface area contributed by atoms with Gasteiger partial charge in [0, 0.05) is 29.4 Å². The summed E-state index contributed by atoms with van der Waals surface area (Å²) in [5, 5.41) is 0. The Kier molecular flexibility index (Phi) is 4.90. The Bertz CT molecular complexity index is 1290. The van der Waals surface area contributed by atoms with Crippen LogP contribution in [0.1, 0.15) is 29.2 Å². The minimum atomic E-state index is -0.900. The van der Waals surface area contributed by atoms with Gasteiger partial charge in [-0.2, -0.15) is 0 Å². The lowest BCUT2D eigenvalue weighted by Gasteiger charge is -2.33. The SMILES string of the molecule is CCOCC[N+]1(Cc2cccc(C)c2)C(=O)C2(COc3cc4c(cc32)OCO4)c2ccccc21. The average Bonchev–Trinajstić information content (AvgIpc) is 3.50. The first-order valence-corrected chi connectivity index (χ1v) is 11.8. The molecule has 3 aliphatic heterocycles. The molecule has 6 nitrogen and oxygen atoms in total. The summed E-state index contributed by atoms with van der Waals surface area (Å²) in [5.74, 6) is 2.12. The van der Waals surface area contributed by atoms with Crippen molar-refractivity contribution in [1.29, 1.82) is 0 Å². The molecule has 0 saturated heterocycles. The quantitative estimate of drug-likeness (QED) is 0.403. The maximum absolute atomic E-state index is 14.8. The van der Waals surface area contributed by atoms with Gasteiger partial charge in [-0.15, -0.1) is 0 Å². The standard InChI is InChI=1S/C28H28NO5/c1-3-31-12-11-29(16-20-8-6-7-19(2)13-20)23-10-5-4-9-21(23)28(27(29)30)17-32-24-15-26-25(14-22(24)28)33-18-34-26/h4-10,13-15H,3,11-12,16-18H2,1-2H3/q+1. The van der Waals surface area contributed by atoms with E-state index in [0.29, 0.717) is 43.6 Å². The number of amides is 1. The van der Waals surface area contributed by atoms with Crippen LogP contribution in [0.15, 0.2) is 60.7 Å². The molecule has 0 N–H and O–H groups in total. The summed E-state index contributed by atoms with van der Waals surface area (Å²) in [6.45, 7) is 6.73. The lowest BCUT2D eigenvalue weighted by molar-refractivity contribution is -0.134. The number of fused-ring (bicyclic) bond motifs is 5. The van der Waals surface area contributed by atoms with E-state index in [2.05, 4.69) is 43.3 Å². The van der Waals surface area contributed by atoms with E-state index in [4.69, 9.17) is 18.9 Å². The molecule has 1 amide bonds. The fraction of sp³-hybridized carbons (Fsp3) is 0.321. The van der Waals surface area contributed by atoms with Crippen molar-refractivity contribution < 1.29 is 23.7 Å². The average molecular weight is 459 g/mol. The number of hydrogen-bond acceptors (Lipinski definition) is 5. The molecule has 0 bridgehead atoms. The molecule has 3 aliphatic rings. The summed E-state index contributed by atoms with van der Waals surface area (Å²) in [7, 11) is 0. The summed E-state index contributed by atoms with van der Waals surface area (Å²) in [4.78, 5) is 14.8. The zero-order chi connectivity index (χ0) is 23.3. The predicted octanol–water partition coefficient (Wildman–Crippen LogP) is 4.49. The monoisotopic (exact) mass is 458 g/mol. The van der Waals surface area contributed by atoms with Gasteiger partial charge in [-0.3, -0.25) is 0 Å². The Morgan fingerprint density at radius 3 is 2.59 bits per heavy atom. The summed E-state index contributed by atoms with van der Waals surface area (Å²) >= 11 is 0. The van der Waals surface area contributed by atoms with Gasteiger partial charge < -0.3 is 18.9 Å². The fourth-order valence-corrected chi connectivity index (χ4v) is 5.78. The van der Waals surface area contributed by atoms with Crippen LogP contribution in [-0.2, 0) is 21.5 Å². The Morgan fingerprint density at radius 2 is 1.76 bits per heavy atom. The highest BCUT2D eigenvalue weighted by Gasteiger charge is 2.66. The van der Waals surface area contributed by atoms with E-state index in [9.17, 15) is 4.79 Å². The third-order valence-electron chi connectivity index (χ3n) is 7.31. The molecule has 6 heteroatoms. The zero-order valence-electron chi connectivity index (χ0n) is 19.5. The Balaban J connectivity index is 1.54. The largest absolute Gasteiger partial charge is 0.491 e. The van der Waals surface area contributed by atoms with Crippen LogP contribution in [0.5, 0.6) is 17.2 Å². The van der Waals surface area contributed by atoms with Crippen LogP contribution in [0, 0.1) is 6.92 Å². The summed E-state index contributed by atoms with van der Waals surface area (Å²) in [6.07, 6.45) is 0. The smallest absolute Gasteiger partial charge is 0.338 e. The van der Waals surface area contributed by atoms with Gasteiger partial charge in [0.1, 0.15) is 31.1 Å². The third kappa shape index (κ3) is 2.92. The summed E-state index contributed by atoms with van der Waals surface area (Å²) in [6, 6.07) is 20.4. The van der Waals surface area contributed by atoms with Crippen molar-refractivity contribution in [2.75, 3.05) is 33.2 Å². The molecule has 3 aromatic rings. The van der Waals surface area contributed by atoms with Gasteiger partial charge in [0.05, 0.1) is 6.61 Å². The van der Waals surface area contributed by atoms with Crippen LogP contribution >= 0.6 is 0 Å². The first-order chi connectivity index (χ1) is 16.6. The highest BCUT2D eigenvalue weighted by molar-refractivity contribution is 6.08. The van der Waals surface area contributed by atoms with Gasteiger partial charge in [0.25, 0.3) is 0 Å². The van der Waals surface area contributed by atoms with Gasteiger partial charge in [-0.25, -0.2) is 9.28 Å². The van der Waals surface area contributed by atoms with Gasteiger partial charge in [0.15, 0.2) is 16.9 Å². The van der Waals surface area contributed by atoms with Crippen molar-refractivity contribution in [3.8, 4) is 17.2 Å². The molecule has 1 spiro atoms. The van der Waals surface area contributed by atoms with Crippen LogP contribution in [0.4, 0.5) is 5.69 Å². The van der Waals surface area contributed by atoms with Crippen molar-refractivity contribution in [2.45, 2.75) is 25.8 Å². The Morgan fingerprint density at radius 1 is 0.941 bits per heavy atom. The number of aryl methyl sites for hydroxylation is 1. The van der Waals surface area contributed by atoms with Gasteiger partial charge >= 0.3 is 5.91 Å². The molecule has 0 radical (unpaired) electrons. The fourth-order valence-electron chi connectivity index (χ4n) is 5.78. The molecular formula is C28H28NO5+. The molecule has 3 heterocycles. The number of nitrogens with zero attached hydrogens (tertiary/aromatic N) is 1. The van der Waals surface area contributed by atoms with E-state index >= 15 is 0 Å². The number of hydrogen-bond donors (Lipinski definition) is 0. The second kappa shape index (κ2) is 7.86. The van der Waals surface area contributed by atoms with Gasteiger partial charge in [-0.05, 0) is 26.0 Å². The predicted molar refractivity (Wildman–Crippen MR) is 128 cm³/mol. The van der Waals surface area contributed by atoms with E-state index in [1.165, 1.54) is 5.56 Å². The Hall–Kier alpha value is -3.35. The van der Waals surface area contributed by atoms with Crippen molar-refractivity contribution in [3.05, 3.63) is 82.9 Å². The number of ether oxygens (including phenoxy) is 4. The zero-order valence-corrected chi connectivity index (χ0v) is 19.5. The molecule has 2 atom stereocenters. The lowest BCUT2D eigenvalue weighted by Crippen LogP contribution is -2.58. The first kappa shape index (κ1) is 21.2. The second-order valence-corrected chi connectivity index (χ2v) is 9.25. The molecule has 0 aliphatic carbocycles. The molecule has 0 saturated carbocycles. The minimum absolute atomic E-state index is 0.118. The van der Waals surface area contributed by atoms with E-state index in [0.717, 1.165) is 22.4 Å². The van der Waals surface area contributed by atoms with E-state index < -0.39 is 5.41 Å². The number of quaternary nitrogens is 1. The Labute approximate surface area is 199 Å². The van der Waals surface area contributed by atoms with Crippen LogP contribution in [-0.4, -0.2) is 39.1 Å². The van der Waals surface area contributed by atoms with Crippen molar-refractivity contribution in [2.24, 2.45) is 0 Å². The molecule has 34 heavy (non-hydrogen) atoms. The summed E-state index contributed by atoms with van der Waals surface area (Å²) < 4.78 is 23.4. The third-order valence-corrected chi connectivity index (χ3v) is 7.31. The maximum atomic E-state index is 14.8. The van der Waals surface area contributed by atoms with Crippen LogP contribution in [0.2, 0.25) is 0 Å². The number of benzene rings is 3. The number of carbonyl (C=O) groups excluding carboxylic acids is 1. The highest BCUT2D eigenvalue weighted by atomic mass is 16.7. The first-order valence-electron chi connectivity index (χ1n) is 11.8. The van der Waals surface area contributed by atoms with Crippen molar-refractivity contribution in [3.63, 3.8) is 0 Å². The van der Waals surface area contributed by atoms with Gasteiger partial charge in [-0.1, -0.05) is 48.0 Å². The van der Waals surface area contributed by atoms with Gasteiger partial charge in [0.2, 0.25) is 6.79 Å². The van der Waals surface area contributed by atoms with E-state index in [1.54, 1.807) is 0 Å².